The van der Waals surface area contributed by atoms with Crippen molar-refractivity contribution in [2.45, 2.75) is 11.8 Å². The Bertz CT molecular complexity index is 960. The Labute approximate surface area is 157 Å². The maximum atomic E-state index is 13.1. The molecular weight excluding hydrogens is 346 g/mol. The largest absolute Gasteiger partial charge is 0.383 e. The van der Waals surface area contributed by atoms with Gasteiger partial charge in [0.15, 0.2) is 11.6 Å². The first kappa shape index (κ1) is 17.9. The van der Waals surface area contributed by atoms with E-state index in [9.17, 15) is 4.79 Å². The minimum Gasteiger partial charge on any atom is -0.383 e. The predicted octanol–water partition coefficient (Wildman–Crippen LogP) is 3.04. The number of benzene rings is 2. The highest BCUT2D eigenvalue weighted by Gasteiger charge is 2.22. The molecule has 0 aliphatic carbocycles. The van der Waals surface area contributed by atoms with Gasteiger partial charge in [0, 0.05) is 30.8 Å². The Morgan fingerprint density at radius 3 is 2.54 bits per heavy atom. The normalized spacial score (nSPS) is 11.5. The van der Waals surface area contributed by atoms with E-state index in [2.05, 4.69) is 28.2 Å². The van der Waals surface area contributed by atoms with Gasteiger partial charge in [0.25, 0.3) is 0 Å². The van der Waals surface area contributed by atoms with Crippen molar-refractivity contribution in [1.29, 1.82) is 0 Å². The van der Waals surface area contributed by atoms with E-state index < -0.39 is 0 Å². The van der Waals surface area contributed by atoms with Crippen LogP contribution in [0.5, 0.6) is 0 Å². The summed E-state index contributed by atoms with van der Waals surface area (Å²) >= 11 is 4.32. The molecule has 7 heteroatoms. The highest BCUT2D eigenvalue weighted by atomic mass is 32.1. The molecule has 132 valence electrons. The molecule has 0 N–H and O–H groups in total. The van der Waals surface area contributed by atoms with Crippen LogP contribution in [0.3, 0.4) is 0 Å². The zero-order chi connectivity index (χ0) is 18.7. The Morgan fingerprint density at radius 1 is 1.15 bits per heavy atom. The molecule has 26 heavy (non-hydrogen) atoms. The van der Waals surface area contributed by atoms with Gasteiger partial charge < -0.3 is 4.90 Å². The van der Waals surface area contributed by atoms with E-state index >= 15 is 0 Å². The predicted molar refractivity (Wildman–Crippen MR) is 104 cm³/mol. The summed E-state index contributed by atoms with van der Waals surface area (Å²) in [5.74, 6) is 0.217. The number of rotatable bonds is 5. The third-order valence-electron chi connectivity index (χ3n) is 3.73. The molecule has 0 aliphatic heterocycles. The topological polar surface area (TPSA) is 63.9 Å². The van der Waals surface area contributed by atoms with Gasteiger partial charge in [-0.1, -0.05) is 29.8 Å². The van der Waals surface area contributed by atoms with Gasteiger partial charge in [0.05, 0.1) is 11.3 Å². The Kier molecular flexibility index (Phi) is 5.18. The summed E-state index contributed by atoms with van der Waals surface area (Å²) < 4.78 is 1.57. The van der Waals surface area contributed by atoms with Crippen molar-refractivity contribution >= 4 is 24.0 Å². The lowest BCUT2D eigenvalue weighted by Gasteiger charge is -2.12. The number of carbonyl (C=O) groups is 1. The quantitative estimate of drug-likeness (QED) is 0.428. The van der Waals surface area contributed by atoms with Gasteiger partial charge in [-0.15, -0.1) is 17.7 Å². The van der Waals surface area contributed by atoms with Crippen molar-refractivity contribution in [2.24, 2.45) is 0 Å². The second-order valence-corrected chi connectivity index (χ2v) is 6.65. The zero-order valence-corrected chi connectivity index (χ0v) is 15.7. The lowest BCUT2D eigenvalue weighted by atomic mass is 10.0. The molecule has 0 unspecified atom stereocenters. The fourth-order valence-corrected chi connectivity index (χ4v) is 2.72. The molecule has 0 saturated carbocycles. The summed E-state index contributed by atoms with van der Waals surface area (Å²) in [5.41, 5.74) is 2.86. The van der Waals surface area contributed by atoms with Gasteiger partial charge in [0.2, 0.25) is 0 Å². The molecule has 0 aliphatic rings. The minimum absolute atomic E-state index is 0.169. The first-order valence-corrected chi connectivity index (χ1v) is 8.48. The number of thiol groups is 1. The molecule has 0 spiro atoms. The van der Waals surface area contributed by atoms with Crippen LogP contribution in [0.4, 0.5) is 0 Å². The van der Waals surface area contributed by atoms with Gasteiger partial charge in [-0.05, 0) is 41.6 Å². The van der Waals surface area contributed by atoms with Gasteiger partial charge >= 0.3 is 0 Å². The molecule has 0 atom stereocenters. The van der Waals surface area contributed by atoms with Crippen LogP contribution in [-0.2, 0) is 0 Å². The van der Waals surface area contributed by atoms with Crippen molar-refractivity contribution in [3.63, 3.8) is 0 Å². The van der Waals surface area contributed by atoms with E-state index in [1.165, 1.54) is 0 Å². The number of nitrogens with zero attached hydrogens (tertiary/aromatic N) is 5. The van der Waals surface area contributed by atoms with E-state index in [-0.39, 0.29) is 5.78 Å². The monoisotopic (exact) mass is 365 g/mol. The average Bonchev–Trinajstić information content (AvgIpc) is 3.09. The van der Waals surface area contributed by atoms with Crippen LogP contribution in [0.15, 0.2) is 59.6 Å². The minimum atomic E-state index is -0.169. The number of hydrogen-bond donors (Lipinski definition) is 1. The lowest BCUT2D eigenvalue weighted by molar-refractivity contribution is 0.105. The number of tetrazole rings is 1. The maximum absolute atomic E-state index is 13.1. The molecule has 1 heterocycles. The molecule has 3 aromatic rings. The van der Waals surface area contributed by atoms with Gasteiger partial charge in [0.1, 0.15) is 0 Å². The first-order valence-electron chi connectivity index (χ1n) is 8.03. The van der Waals surface area contributed by atoms with Crippen LogP contribution < -0.4 is 0 Å². The van der Waals surface area contributed by atoms with Crippen molar-refractivity contribution in [3.8, 4) is 5.69 Å². The SMILES string of the molecule is Cc1ccc(-n2nnnc2C(=CN(C)C)C(=O)c2cccc(S)c2)cc1. The third-order valence-corrected chi connectivity index (χ3v) is 4.01. The van der Waals surface area contributed by atoms with Crippen molar-refractivity contribution in [3.05, 3.63) is 71.7 Å². The van der Waals surface area contributed by atoms with Crippen LogP contribution in [0.1, 0.15) is 21.7 Å². The molecule has 0 radical (unpaired) electrons. The highest BCUT2D eigenvalue weighted by molar-refractivity contribution is 7.80. The maximum Gasteiger partial charge on any atom is 0.198 e. The van der Waals surface area contributed by atoms with Crippen LogP contribution in [-0.4, -0.2) is 45.0 Å². The third kappa shape index (κ3) is 3.83. The van der Waals surface area contributed by atoms with Crippen molar-refractivity contribution < 1.29 is 4.79 Å². The standard InChI is InChI=1S/C19H19N5OS/c1-13-7-9-15(10-8-13)24-19(20-21-22-24)17(12-23(2)3)18(25)14-5-4-6-16(26)11-14/h4-12,26H,1-3H3. The lowest BCUT2D eigenvalue weighted by Crippen LogP contribution is -2.13. The van der Waals surface area contributed by atoms with Gasteiger partial charge in [-0.25, -0.2) is 0 Å². The molecule has 0 amide bonds. The number of aryl methyl sites for hydroxylation is 1. The number of carbonyl (C=O) groups excluding carboxylic acids is 1. The Hall–Kier alpha value is -2.93. The molecule has 0 saturated heterocycles. The van der Waals surface area contributed by atoms with E-state index in [1.807, 2.05) is 51.4 Å². The van der Waals surface area contributed by atoms with Crippen LogP contribution in [0.2, 0.25) is 0 Å². The average molecular weight is 365 g/mol. The van der Waals surface area contributed by atoms with Crippen molar-refractivity contribution in [2.75, 3.05) is 14.1 Å². The summed E-state index contributed by atoms with van der Waals surface area (Å²) in [7, 11) is 3.70. The second-order valence-electron chi connectivity index (χ2n) is 6.14. The number of allylic oxidation sites excluding steroid dienone is 1. The number of ketones is 1. The fraction of sp³-hybridized carbons (Fsp3) is 0.158. The van der Waals surface area contributed by atoms with E-state index in [4.69, 9.17) is 0 Å². The summed E-state index contributed by atoms with van der Waals surface area (Å²) in [6.07, 6.45) is 1.73. The van der Waals surface area contributed by atoms with Crippen LogP contribution in [0.25, 0.3) is 11.3 Å². The molecule has 0 fully saturated rings. The molecule has 2 aromatic carbocycles. The summed E-state index contributed by atoms with van der Waals surface area (Å²) in [4.78, 5) is 15.6. The second kappa shape index (κ2) is 7.53. The summed E-state index contributed by atoms with van der Waals surface area (Å²) in [6, 6.07) is 14.9. The molecule has 3 rings (SSSR count). The van der Waals surface area contributed by atoms with Gasteiger partial charge in [-0.2, -0.15) is 4.68 Å². The van der Waals surface area contributed by atoms with E-state index in [0.717, 1.165) is 16.1 Å². The number of hydrogen-bond acceptors (Lipinski definition) is 6. The number of Topliss-reactive ketones (excluding diaryl/α,β-unsaturated/α-hetero) is 1. The van der Waals surface area contributed by atoms with Crippen molar-refractivity contribution in [1.82, 2.24) is 25.1 Å². The molecular formula is C19H19N5OS. The highest BCUT2D eigenvalue weighted by Crippen LogP contribution is 2.22. The molecule has 6 nitrogen and oxygen atoms in total. The summed E-state index contributed by atoms with van der Waals surface area (Å²) in [6.45, 7) is 2.01. The van der Waals surface area contributed by atoms with Crippen LogP contribution >= 0.6 is 12.6 Å². The first-order chi connectivity index (χ1) is 12.5. The fourth-order valence-electron chi connectivity index (χ4n) is 2.49. The van der Waals surface area contributed by atoms with Crippen LogP contribution in [0, 0.1) is 6.92 Å². The van der Waals surface area contributed by atoms with E-state index in [0.29, 0.717) is 17.0 Å². The Morgan fingerprint density at radius 2 is 1.88 bits per heavy atom. The Balaban J connectivity index is 2.09. The summed E-state index contributed by atoms with van der Waals surface area (Å²) in [5, 5.41) is 12.0. The van der Waals surface area contributed by atoms with E-state index in [1.54, 1.807) is 34.0 Å². The van der Waals surface area contributed by atoms with Gasteiger partial charge in [-0.3, -0.25) is 4.79 Å². The molecule has 1 aromatic heterocycles. The smallest absolute Gasteiger partial charge is 0.198 e. The zero-order valence-electron chi connectivity index (χ0n) is 14.8. The molecule has 0 bridgehead atoms. The number of aromatic nitrogens is 4.